The lowest BCUT2D eigenvalue weighted by atomic mass is 10.1. The van der Waals surface area contributed by atoms with E-state index in [0.717, 1.165) is 5.69 Å². The van der Waals surface area contributed by atoms with Crippen molar-refractivity contribution in [3.63, 3.8) is 0 Å². The molecule has 0 radical (unpaired) electrons. The fraction of sp³-hybridized carbons (Fsp3) is 0.267. The van der Waals surface area contributed by atoms with Gasteiger partial charge in [-0.1, -0.05) is 17.7 Å². The van der Waals surface area contributed by atoms with Gasteiger partial charge in [-0.3, -0.25) is 0 Å². The normalized spacial score (nSPS) is 12.0. The number of hydrogen-bond donors (Lipinski definition) is 1. The van der Waals surface area contributed by atoms with E-state index in [1.807, 2.05) is 12.1 Å². The Morgan fingerprint density at radius 3 is 2.80 bits per heavy atom. The van der Waals surface area contributed by atoms with Gasteiger partial charge in [0.2, 0.25) is 5.88 Å². The van der Waals surface area contributed by atoms with Crippen LogP contribution in [-0.4, -0.2) is 17.2 Å². The van der Waals surface area contributed by atoms with Gasteiger partial charge in [0, 0.05) is 16.7 Å². The number of aliphatic hydroxyl groups excluding tert-OH is 1. The lowest BCUT2D eigenvalue weighted by Crippen LogP contribution is -2.03. The fourth-order valence-electron chi connectivity index (χ4n) is 1.78. The first-order chi connectivity index (χ1) is 9.60. The van der Waals surface area contributed by atoms with E-state index in [-0.39, 0.29) is 0 Å². The van der Waals surface area contributed by atoms with E-state index in [0.29, 0.717) is 28.8 Å². The van der Waals surface area contributed by atoms with Crippen molar-refractivity contribution in [2.45, 2.75) is 19.6 Å². The Bertz CT molecular complexity index is 587. The number of aromatic nitrogens is 1. The quantitative estimate of drug-likeness (QED) is 0.918. The highest BCUT2D eigenvalue weighted by molar-refractivity contribution is 6.30. The van der Waals surface area contributed by atoms with Crippen LogP contribution in [0.25, 0.3) is 0 Å². The van der Waals surface area contributed by atoms with Crippen LogP contribution >= 0.6 is 11.6 Å². The second-order valence-electron chi connectivity index (χ2n) is 4.32. The van der Waals surface area contributed by atoms with Gasteiger partial charge in [0.25, 0.3) is 0 Å². The van der Waals surface area contributed by atoms with Gasteiger partial charge in [-0.05, 0) is 31.2 Å². The summed E-state index contributed by atoms with van der Waals surface area (Å²) in [5.74, 6) is 1.13. The molecule has 0 saturated carbocycles. The number of benzene rings is 1. The average Bonchev–Trinajstić information content (AvgIpc) is 2.46. The zero-order chi connectivity index (χ0) is 14.5. The first-order valence-corrected chi connectivity index (χ1v) is 6.58. The van der Waals surface area contributed by atoms with Crippen LogP contribution in [-0.2, 0) is 6.61 Å². The number of methoxy groups -OCH3 is 1. The van der Waals surface area contributed by atoms with Crippen molar-refractivity contribution in [1.82, 2.24) is 4.98 Å². The molecule has 2 rings (SSSR count). The molecule has 0 aliphatic rings. The molecule has 0 aliphatic carbocycles. The van der Waals surface area contributed by atoms with E-state index in [1.165, 1.54) is 0 Å². The predicted octanol–water partition coefficient (Wildman–Crippen LogP) is 3.38. The van der Waals surface area contributed by atoms with E-state index in [1.54, 1.807) is 38.3 Å². The Labute approximate surface area is 122 Å². The van der Waals surface area contributed by atoms with Crippen LogP contribution in [0.15, 0.2) is 36.4 Å². The van der Waals surface area contributed by atoms with Crippen LogP contribution in [0, 0.1) is 0 Å². The van der Waals surface area contributed by atoms with Gasteiger partial charge in [0.15, 0.2) is 0 Å². The number of hydrogen-bond acceptors (Lipinski definition) is 4. The lowest BCUT2D eigenvalue weighted by molar-refractivity contribution is 0.189. The summed E-state index contributed by atoms with van der Waals surface area (Å²) >= 11 is 5.92. The molecule has 0 spiro atoms. The minimum atomic E-state index is -0.651. The van der Waals surface area contributed by atoms with Gasteiger partial charge in [0.1, 0.15) is 12.4 Å². The van der Waals surface area contributed by atoms with Crippen LogP contribution in [0.5, 0.6) is 11.6 Å². The molecule has 4 nitrogen and oxygen atoms in total. The summed E-state index contributed by atoms with van der Waals surface area (Å²) in [6.07, 6.45) is -0.651. The molecular weight excluding hydrogens is 278 g/mol. The van der Waals surface area contributed by atoms with Crippen molar-refractivity contribution in [2.75, 3.05) is 7.11 Å². The minimum absolute atomic E-state index is 0.290. The third kappa shape index (κ3) is 3.62. The zero-order valence-corrected chi connectivity index (χ0v) is 12.1. The van der Waals surface area contributed by atoms with Gasteiger partial charge in [-0.2, -0.15) is 0 Å². The van der Waals surface area contributed by atoms with E-state index < -0.39 is 6.10 Å². The van der Waals surface area contributed by atoms with E-state index in [2.05, 4.69) is 4.98 Å². The van der Waals surface area contributed by atoms with Crippen LogP contribution in [0.1, 0.15) is 24.3 Å². The summed E-state index contributed by atoms with van der Waals surface area (Å²) in [7, 11) is 1.57. The summed E-state index contributed by atoms with van der Waals surface area (Å²) in [5.41, 5.74) is 1.40. The Balaban J connectivity index is 2.14. The molecule has 1 N–H and O–H groups in total. The third-order valence-electron chi connectivity index (χ3n) is 2.79. The molecule has 1 aromatic heterocycles. The SMILES string of the molecule is COc1cccc(COc2ccc(Cl)cc2[C@@H](C)O)n1. The maximum atomic E-state index is 9.73. The van der Waals surface area contributed by atoms with Gasteiger partial charge in [-0.15, -0.1) is 0 Å². The highest BCUT2D eigenvalue weighted by atomic mass is 35.5. The van der Waals surface area contributed by atoms with Gasteiger partial charge in [-0.25, -0.2) is 4.98 Å². The number of halogens is 1. The molecule has 0 unspecified atom stereocenters. The standard InChI is InChI=1S/C15H16ClNO3/c1-10(18)13-8-11(16)6-7-14(13)20-9-12-4-3-5-15(17-12)19-2/h3-8,10,18H,9H2,1-2H3/t10-/m1/s1. The molecule has 0 saturated heterocycles. The molecule has 2 aromatic rings. The highest BCUT2D eigenvalue weighted by Gasteiger charge is 2.10. The number of nitrogens with zero attached hydrogens (tertiary/aromatic N) is 1. The topological polar surface area (TPSA) is 51.6 Å². The first kappa shape index (κ1) is 14.6. The summed E-state index contributed by atoms with van der Waals surface area (Å²) in [6.45, 7) is 1.96. The van der Waals surface area contributed by atoms with Crippen molar-refractivity contribution in [1.29, 1.82) is 0 Å². The molecule has 0 amide bonds. The van der Waals surface area contributed by atoms with Crippen LogP contribution in [0.2, 0.25) is 5.02 Å². The molecule has 0 bridgehead atoms. The number of pyridine rings is 1. The fourth-order valence-corrected chi connectivity index (χ4v) is 1.96. The Kier molecular flexibility index (Phi) is 4.82. The Morgan fingerprint density at radius 2 is 2.10 bits per heavy atom. The molecule has 0 fully saturated rings. The summed E-state index contributed by atoms with van der Waals surface area (Å²) in [6, 6.07) is 10.6. The molecule has 5 heteroatoms. The first-order valence-electron chi connectivity index (χ1n) is 6.20. The molecule has 1 aromatic carbocycles. The Morgan fingerprint density at radius 1 is 1.30 bits per heavy atom. The number of rotatable bonds is 5. The largest absolute Gasteiger partial charge is 0.487 e. The van der Waals surface area contributed by atoms with Crippen molar-refractivity contribution < 1.29 is 14.6 Å². The van der Waals surface area contributed by atoms with Crippen molar-refractivity contribution >= 4 is 11.6 Å². The smallest absolute Gasteiger partial charge is 0.213 e. The second kappa shape index (κ2) is 6.59. The van der Waals surface area contributed by atoms with Crippen LogP contribution < -0.4 is 9.47 Å². The maximum absolute atomic E-state index is 9.73. The summed E-state index contributed by atoms with van der Waals surface area (Å²) in [4.78, 5) is 4.26. The van der Waals surface area contributed by atoms with Gasteiger partial charge < -0.3 is 14.6 Å². The Hall–Kier alpha value is -1.78. The van der Waals surface area contributed by atoms with Gasteiger partial charge >= 0.3 is 0 Å². The van der Waals surface area contributed by atoms with Crippen molar-refractivity contribution in [3.05, 3.63) is 52.7 Å². The highest BCUT2D eigenvalue weighted by Crippen LogP contribution is 2.28. The maximum Gasteiger partial charge on any atom is 0.213 e. The average molecular weight is 294 g/mol. The van der Waals surface area contributed by atoms with Gasteiger partial charge in [0.05, 0.1) is 18.9 Å². The number of aliphatic hydroxyl groups is 1. The minimum Gasteiger partial charge on any atom is -0.487 e. The van der Waals surface area contributed by atoms with E-state index in [9.17, 15) is 5.11 Å². The van der Waals surface area contributed by atoms with Crippen LogP contribution in [0.3, 0.4) is 0 Å². The molecule has 106 valence electrons. The molecular formula is C15H16ClNO3. The monoisotopic (exact) mass is 293 g/mol. The number of ether oxygens (including phenoxy) is 2. The second-order valence-corrected chi connectivity index (χ2v) is 4.75. The van der Waals surface area contributed by atoms with E-state index >= 15 is 0 Å². The summed E-state index contributed by atoms with van der Waals surface area (Å²) < 4.78 is 10.8. The van der Waals surface area contributed by atoms with Crippen LogP contribution in [0.4, 0.5) is 0 Å². The van der Waals surface area contributed by atoms with Crippen molar-refractivity contribution in [3.8, 4) is 11.6 Å². The third-order valence-corrected chi connectivity index (χ3v) is 3.02. The zero-order valence-electron chi connectivity index (χ0n) is 11.3. The molecule has 1 atom stereocenters. The van der Waals surface area contributed by atoms with Crippen molar-refractivity contribution in [2.24, 2.45) is 0 Å². The lowest BCUT2D eigenvalue weighted by Gasteiger charge is -2.13. The molecule has 1 heterocycles. The molecule has 0 aliphatic heterocycles. The molecule has 20 heavy (non-hydrogen) atoms. The van der Waals surface area contributed by atoms with E-state index in [4.69, 9.17) is 21.1 Å². The summed E-state index contributed by atoms with van der Waals surface area (Å²) in [5, 5.41) is 10.3. The predicted molar refractivity (Wildman–Crippen MR) is 77.2 cm³/mol.